The van der Waals surface area contributed by atoms with Crippen molar-refractivity contribution in [2.24, 2.45) is 11.5 Å². The van der Waals surface area contributed by atoms with Crippen molar-refractivity contribution in [3.63, 3.8) is 0 Å². The van der Waals surface area contributed by atoms with Crippen LogP contribution in [0.5, 0.6) is 5.75 Å². The number of hydrogen-bond donors (Lipinski definition) is 8. The van der Waals surface area contributed by atoms with E-state index < -0.39 is 60.2 Å². The second-order valence-electron chi connectivity index (χ2n) is 7.02. The summed E-state index contributed by atoms with van der Waals surface area (Å²) in [6, 6.07) is 0.995. The second-order valence-corrected chi connectivity index (χ2v) is 7.39. The second kappa shape index (κ2) is 12.5. The minimum atomic E-state index is -1.28. The third kappa shape index (κ3) is 8.81. The SMILES string of the molecule is CC(NC(=O)C(Cc1ccc(O)cc1)NC(=O)C(N)CC(N)=O)C(=O)NC(CS)C(=O)O. The zero-order chi connectivity index (χ0) is 24.4. The fourth-order valence-corrected chi connectivity index (χ4v) is 2.77. The van der Waals surface area contributed by atoms with Gasteiger partial charge in [0.25, 0.3) is 0 Å². The Bertz CT molecular complexity index is 849. The molecule has 9 N–H and O–H groups in total. The summed E-state index contributed by atoms with van der Waals surface area (Å²) >= 11 is 3.85. The summed E-state index contributed by atoms with van der Waals surface area (Å²) < 4.78 is 0. The van der Waals surface area contributed by atoms with Crippen LogP contribution in [-0.4, -0.2) is 69.7 Å². The quantitative estimate of drug-likeness (QED) is 0.154. The van der Waals surface area contributed by atoms with E-state index in [9.17, 15) is 29.1 Å². The van der Waals surface area contributed by atoms with Crippen molar-refractivity contribution in [1.82, 2.24) is 16.0 Å². The summed E-state index contributed by atoms with van der Waals surface area (Å²) in [6.45, 7) is 1.34. The summed E-state index contributed by atoms with van der Waals surface area (Å²) in [4.78, 5) is 59.3. The van der Waals surface area contributed by atoms with Gasteiger partial charge in [0.05, 0.1) is 12.5 Å². The highest BCUT2D eigenvalue weighted by Gasteiger charge is 2.28. The average Bonchev–Trinajstić information content (AvgIpc) is 2.71. The largest absolute Gasteiger partial charge is 0.508 e. The third-order valence-electron chi connectivity index (χ3n) is 4.32. The van der Waals surface area contributed by atoms with Crippen LogP contribution in [0.15, 0.2) is 24.3 Å². The summed E-state index contributed by atoms with van der Waals surface area (Å²) in [7, 11) is 0. The Morgan fingerprint density at radius 3 is 2.03 bits per heavy atom. The van der Waals surface area contributed by atoms with Gasteiger partial charge in [0.2, 0.25) is 23.6 Å². The molecule has 13 heteroatoms. The Morgan fingerprint density at radius 2 is 1.53 bits per heavy atom. The number of carbonyl (C=O) groups is 5. The number of nitrogens with one attached hydrogen (secondary N) is 3. The van der Waals surface area contributed by atoms with Crippen molar-refractivity contribution >= 4 is 42.2 Å². The van der Waals surface area contributed by atoms with Gasteiger partial charge in [0, 0.05) is 12.2 Å². The van der Waals surface area contributed by atoms with Crippen LogP contribution in [0.1, 0.15) is 18.9 Å². The summed E-state index contributed by atoms with van der Waals surface area (Å²) in [6.07, 6.45) is -0.456. The molecular weight excluding hydrogens is 442 g/mol. The molecule has 1 aromatic carbocycles. The molecule has 1 aromatic rings. The van der Waals surface area contributed by atoms with Crippen LogP contribution in [0.3, 0.4) is 0 Å². The molecule has 176 valence electrons. The predicted molar refractivity (Wildman–Crippen MR) is 117 cm³/mol. The number of benzene rings is 1. The third-order valence-corrected chi connectivity index (χ3v) is 4.68. The Hall–Kier alpha value is -3.32. The van der Waals surface area contributed by atoms with Gasteiger partial charge in [-0.3, -0.25) is 19.2 Å². The molecule has 0 aliphatic carbocycles. The maximum absolute atomic E-state index is 12.8. The molecule has 4 amide bonds. The molecule has 0 heterocycles. The van der Waals surface area contributed by atoms with Crippen LogP contribution in [0.25, 0.3) is 0 Å². The molecule has 0 aliphatic heterocycles. The standard InChI is InChI=1S/C19H27N5O7S/c1-9(16(27)24-14(8-32)19(30)31)22-18(29)13(6-10-2-4-11(25)5-3-10)23-17(28)12(20)7-15(21)26/h2-5,9,12-14,25,32H,6-8,20H2,1H3,(H2,21,26)(H,22,29)(H,23,28)(H,24,27)(H,30,31). The van der Waals surface area contributed by atoms with E-state index in [2.05, 4.69) is 28.6 Å². The van der Waals surface area contributed by atoms with E-state index in [-0.39, 0.29) is 17.9 Å². The lowest BCUT2D eigenvalue weighted by molar-refractivity contribution is -0.141. The molecule has 32 heavy (non-hydrogen) atoms. The van der Waals surface area contributed by atoms with E-state index in [4.69, 9.17) is 16.6 Å². The van der Waals surface area contributed by atoms with Crippen molar-refractivity contribution in [1.29, 1.82) is 0 Å². The topological polar surface area (TPSA) is 214 Å². The monoisotopic (exact) mass is 469 g/mol. The minimum Gasteiger partial charge on any atom is -0.508 e. The average molecular weight is 470 g/mol. The number of aromatic hydroxyl groups is 1. The lowest BCUT2D eigenvalue weighted by atomic mass is 10.0. The predicted octanol–water partition coefficient (Wildman–Crippen LogP) is -2.37. The Morgan fingerprint density at radius 1 is 0.969 bits per heavy atom. The number of hydrogen-bond acceptors (Lipinski definition) is 8. The molecule has 0 bridgehead atoms. The smallest absolute Gasteiger partial charge is 0.327 e. The number of primary amides is 1. The first kappa shape index (κ1) is 26.7. The van der Waals surface area contributed by atoms with Crippen LogP contribution in [-0.2, 0) is 30.4 Å². The van der Waals surface area contributed by atoms with Crippen LogP contribution in [0.4, 0.5) is 0 Å². The Balaban J connectivity index is 2.93. The lowest BCUT2D eigenvalue weighted by Crippen LogP contribution is -2.57. The van der Waals surface area contributed by atoms with Gasteiger partial charge < -0.3 is 37.6 Å². The molecule has 0 radical (unpaired) electrons. The number of phenols is 1. The first-order chi connectivity index (χ1) is 14.9. The molecule has 1 rings (SSSR count). The van der Waals surface area contributed by atoms with Crippen LogP contribution in [0, 0.1) is 0 Å². The van der Waals surface area contributed by atoms with Crippen LogP contribution in [0.2, 0.25) is 0 Å². The Labute approximate surface area is 189 Å². The number of amides is 4. The van der Waals surface area contributed by atoms with Gasteiger partial charge in [-0.2, -0.15) is 12.6 Å². The van der Waals surface area contributed by atoms with Crippen molar-refractivity contribution in [2.75, 3.05) is 5.75 Å². The van der Waals surface area contributed by atoms with E-state index in [0.29, 0.717) is 5.56 Å². The van der Waals surface area contributed by atoms with Gasteiger partial charge in [-0.1, -0.05) is 12.1 Å². The van der Waals surface area contributed by atoms with Gasteiger partial charge in [-0.15, -0.1) is 0 Å². The molecule has 0 saturated carbocycles. The number of nitrogens with two attached hydrogens (primary N) is 2. The Kier molecular flexibility index (Phi) is 10.4. The molecule has 0 aliphatic rings. The van der Waals surface area contributed by atoms with Crippen molar-refractivity contribution < 1.29 is 34.2 Å². The maximum atomic E-state index is 12.8. The van der Waals surface area contributed by atoms with Gasteiger partial charge in [0.1, 0.15) is 23.9 Å². The number of carboxylic acid groups (broad SMARTS) is 1. The molecule has 12 nitrogen and oxygen atoms in total. The van der Waals surface area contributed by atoms with Crippen LogP contribution < -0.4 is 27.4 Å². The molecule has 4 atom stereocenters. The number of thiol groups is 1. The van der Waals surface area contributed by atoms with Crippen LogP contribution >= 0.6 is 12.6 Å². The zero-order valence-electron chi connectivity index (χ0n) is 17.3. The number of aliphatic carboxylic acids is 1. The first-order valence-electron chi connectivity index (χ1n) is 9.51. The van der Waals surface area contributed by atoms with E-state index in [1.807, 2.05) is 0 Å². The van der Waals surface area contributed by atoms with Crippen molar-refractivity contribution in [2.45, 2.75) is 43.9 Å². The van der Waals surface area contributed by atoms with E-state index in [1.165, 1.54) is 31.2 Å². The molecule has 0 spiro atoms. The highest BCUT2D eigenvalue weighted by molar-refractivity contribution is 7.80. The van der Waals surface area contributed by atoms with E-state index in [1.54, 1.807) is 0 Å². The zero-order valence-corrected chi connectivity index (χ0v) is 18.2. The van der Waals surface area contributed by atoms with Crippen molar-refractivity contribution in [3.8, 4) is 5.75 Å². The van der Waals surface area contributed by atoms with Gasteiger partial charge in [-0.05, 0) is 24.6 Å². The highest BCUT2D eigenvalue weighted by atomic mass is 32.1. The maximum Gasteiger partial charge on any atom is 0.327 e. The lowest BCUT2D eigenvalue weighted by Gasteiger charge is -2.23. The summed E-state index contributed by atoms with van der Waals surface area (Å²) in [5, 5.41) is 25.5. The molecular formula is C19H27N5O7S. The highest BCUT2D eigenvalue weighted by Crippen LogP contribution is 2.12. The summed E-state index contributed by atoms with van der Waals surface area (Å²) in [5.41, 5.74) is 11.2. The normalized spacial score (nSPS) is 14.3. The van der Waals surface area contributed by atoms with E-state index >= 15 is 0 Å². The molecule has 0 saturated heterocycles. The number of carboxylic acids is 1. The van der Waals surface area contributed by atoms with E-state index in [0.717, 1.165) is 0 Å². The summed E-state index contributed by atoms with van der Waals surface area (Å²) in [5.74, 6) is -4.55. The van der Waals surface area contributed by atoms with Gasteiger partial charge in [0.15, 0.2) is 0 Å². The van der Waals surface area contributed by atoms with Gasteiger partial charge in [-0.25, -0.2) is 4.79 Å². The van der Waals surface area contributed by atoms with Gasteiger partial charge >= 0.3 is 5.97 Å². The molecule has 0 fully saturated rings. The number of rotatable bonds is 12. The fraction of sp³-hybridized carbons (Fsp3) is 0.421. The molecule has 4 unspecified atom stereocenters. The van der Waals surface area contributed by atoms with Crippen molar-refractivity contribution in [3.05, 3.63) is 29.8 Å². The molecule has 0 aromatic heterocycles. The first-order valence-corrected chi connectivity index (χ1v) is 10.1. The fourth-order valence-electron chi connectivity index (χ4n) is 2.53. The number of carbonyl (C=O) groups excluding carboxylic acids is 4. The number of phenolic OH excluding ortho intramolecular Hbond substituents is 1. The minimum absolute atomic E-state index is 0.00438.